The molecule has 3 rings (SSSR count). The minimum atomic E-state index is -0.175. The third-order valence-corrected chi connectivity index (χ3v) is 3.46. The molecule has 20 heavy (non-hydrogen) atoms. The molecule has 0 bridgehead atoms. The van der Waals surface area contributed by atoms with Crippen LogP contribution in [0, 0.1) is 0 Å². The molecular weight excluding hydrogens is 276 g/mol. The monoisotopic (exact) mass is 288 g/mol. The SMILES string of the molecule is CC(C)n1ncc(Cl)c1C(=O)c1coc2ccccc12. The predicted molar refractivity (Wildman–Crippen MR) is 77.3 cm³/mol. The van der Waals surface area contributed by atoms with Gasteiger partial charge >= 0.3 is 0 Å². The Hall–Kier alpha value is -2.07. The van der Waals surface area contributed by atoms with E-state index in [0.717, 1.165) is 5.39 Å². The molecule has 0 amide bonds. The Kier molecular flexibility index (Phi) is 3.10. The smallest absolute Gasteiger partial charge is 0.216 e. The molecule has 0 unspecified atom stereocenters. The molecule has 1 aromatic carbocycles. The van der Waals surface area contributed by atoms with Gasteiger partial charge in [0.2, 0.25) is 5.78 Å². The van der Waals surface area contributed by atoms with E-state index in [0.29, 0.717) is 21.9 Å². The first kappa shape index (κ1) is 12.9. The number of carbonyl (C=O) groups is 1. The van der Waals surface area contributed by atoms with E-state index in [9.17, 15) is 4.79 Å². The molecule has 0 aliphatic rings. The lowest BCUT2D eigenvalue weighted by atomic mass is 10.1. The van der Waals surface area contributed by atoms with Crippen molar-refractivity contribution in [1.82, 2.24) is 9.78 Å². The number of rotatable bonds is 3. The van der Waals surface area contributed by atoms with Gasteiger partial charge in [-0.1, -0.05) is 29.8 Å². The van der Waals surface area contributed by atoms with Gasteiger partial charge in [0.15, 0.2) is 0 Å². The van der Waals surface area contributed by atoms with Crippen LogP contribution in [0.1, 0.15) is 35.9 Å². The van der Waals surface area contributed by atoms with Crippen molar-refractivity contribution in [3.05, 3.63) is 53.0 Å². The number of ketones is 1. The number of hydrogen-bond acceptors (Lipinski definition) is 3. The lowest BCUT2D eigenvalue weighted by molar-refractivity contribution is 0.102. The van der Waals surface area contributed by atoms with Crippen LogP contribution in [-0.2, 0) is 0 Å². The summed E-state index contributed by atoms with van der Waals surface area (Å²) < 4.78 is 7.05. The minimum Gasteiger partial charge on any atom is -0.464 e. The zero-order valence-electron chi connectivity index (χ0n) is 11.1. The Bertz CT molecular complexity index is 786. The largest absolute Gasteiger partial charge is 0.464 e. The Balaban J connectivity index is 2.16. The van der Waals surface area contributed by atoms with E-state index in [4.69, 9.17) is 16.0 Å². The van der Waals surface area contributed by atoms with Gasteiger partial charge in [-0.25, -0.2) is 0 Å². The second kappa shape index (κ2) is 4.80. The fraction of sp³-hybridized carbons (Fsp3) is 0.200. The summed E-state index contributed by atoms with van der Waals surface area (Å²) >= 11 is 6.12. The highest BCUT2D eigenvalue weighted by Gasteiger charge is 2.23. The van der Waals surface area contributed by atoms with Crippen molar-refractivity contribution >= 4 is 28.4 Å². The van der Waals surface area contributed by atoms with Gasteiger partial charge in [-0.05, 0) is 19.9 Å². The summed E-state index contributed by atoms with van der Waals surface area (Å²) in [6.45, 7) is 3.90. The third-order valence-electron chi connectivity index (χ3n) is 3.18. The average molecular weight is 289 g/mol. The topological polar surface area (TPSA) is 48.0 Å². The summed E-state index contributed by atoms with van der Waals surface area (Å²) in [4.78, 5) is 12.7. The first-order valence-electron chi connectivity index (χ1n) is 6.33. The van der Waals surface area contributed by atoms with Crippen LogP contribution >= 0.6 is 11.6 Å². The van der Waals surface area contributed by atoms with E-state index in [1.165, 1.54) is 12.5 Å². The highest BCUT2D eigenvalue weighted by Crippen LogP contribution is 2.27. The molecule has 3 aromatic rings. The average Bonchev–Trinajstić information content (AvgIpc) is 3.01. The van der Waals surface area contributed by atoms with Gasteiger partial charge in [-0.3, -0.25) is 9.48 Å². The fourth-order valence-corrected chi connectivity index (χ4v) is 2.44. The van der Waals surface area contributed by atoms with E-state index in [2.05, 4.69) is 5.10 Å². The van der Waals surface area contributed by atoms with Crippen molar-refractivity contribution in [2.45, 2.75) is 19.9 Å². The Morgan fingerprint density at radius 3 is 2.85 bits per heavy atom. The Morgan fingerprint density at radius 1 is 1.35 bits per heavy atom. The number of fused-ring (bicyclic) bond motifs is 1. The van der Waals surface area contributed by atoms with E-state index < -0.39 is 0 Å². The Morgan fingerprint density at radius 2 is 2.10 bits per heavy atom. The number of benzene rings is 1. The second-order valence-corrected chi connectivity index (χ2v) is 5.26. The molecule has 102 valence electrons. The normalized spacial score (nSPS) is 11.4. The van der Waals surface area contributed by atoms with E-state index >= 15 is 0 Å². The number of nitrogens with zero attached hydrogens (tertiary/aromatic N) is 2. The number of hydrogen-bond donors (Lipinski definition) is 0. The van der Waals surface area contributed by atoms with Gasteiger partial charge in [0.1, 0.15) is 17.5 Å². The highest BCUT2D eigenvalue weighted by molar-refractivity contribution is 6.35. The number of para-hydroxylation sites is 1. The summed E-state index contributed by atoms with van der Waals surface area (Å²) in [6, 6.07) is 7.48. The molecule has 0 fully saturated rings. The van der Waals surface area contributed by atoms with Crippen molar-refractivity contribution in [3.63, 3.8) is 0 Å². The predicted octanol–water partition coefficient (Wildman–Crippen LogP) is 4.09. The van der Waals surface area contributed by atoms with Gasteiger partial charge in [-0.2, -0.15) is 5.10 Å². The van der Waals surface area contributed by atoms with Gasteiger partial charge in [0, 0.05) is 11.4 Å². The highest BCUT2D eigenvalue weighted by atomic mass is 35.5. The van der Waals surface area contributed by atoms with Gasteiger partial charge in [0.05, 0.1) is 16.8 Å². The van der Waals surface area contributed by atoms with Crippen molar-refractivity contribution in [3.8, 4) is 0 Å². The molecule has 0 saturated carbocycles. The van der Waals surface area contributed by atoms with Crippen molar-refractivity contribution in [2.75, 3.05) is 0 Å². The van der Waals surface area contributed by atoms with Crippen LogP contribution in [0.2, 0.25) is 5.02 Å². The lowest BCUT2D eigenvalue weighted by Crippen LogP contribution is -2.13. The maximum absolute atomic E-state index is 12.7. The van der Waals surface area contributed by atoms with Crippen LogP contribution in [0.4, 0.5) is 0 Å². The quantitative estimate of drug-likeness (QED) is 0.682. The second-order valence-electron chi connectivity index (χ2n) is 4.85. The maximum atomic E-state index is 12.7. The molecule has 2 heterocycles. The maximum Gasteiger partial charge on any atom is 0.216 e. The number of furan rings is 1. The van der Waals surface area contributed by atoms with Gasteiger partial charge in [0.25, 0.3) is 0 Å². The molecule has 0 atom stereocenters. The van der Waals surface area contributed by atoms with Gasteiger partial charge < -0.3 is 4.42 Å². The summed E-state index contributed by atoms with van der Waals surface area (Å²) in [5, 5.41) is 5.30. The summed E-state index contributed by atoms with van der Waals surface area (Å²) in [7, 11) is 0. The number of carbonyl (C=O) groups excluding carboxylic acids is 1. The van der Waals surface area contributed by atoms with E-state index in [1.807, 2.05) is 38.1 Å². The molecule has 0 radical (unpaired) electrons. The van der Waals surface area contributed by atoms with Crippen molar-refractivity contribution < 1.29 is 9.21 Å². The van der Waals surface area contributed by atoms with Crippen LogP contribution < -0.4 is 0 Å². The van der Waals surface area contributed by atoms with E-state index in [1.54, 1.807) is 4.68 Å². The standard InChI is InChI=1S/C15H13ClN2O2/c1-9(2)18-14(12(16)7-17-18)15(19)11-8-20-13-6-4-3-5-10(11)13/h3-9H,1-2H3. The molecule has 5 heteroatoms. The molecule has 0 aliphatic carbocycles. The first-order valence-corrected chi connectivity index (χ1v) is 6.71. The first-order chi connectivity index (χ1) is 9.59. The number of aromatic nitrogens is 2. The minimum absolute atomic E-state index is 0.0552. The molecule has 4 nitrogen and oxygen atoms in total. The third kappa shape index (κ3) is 1.93. The summed E-state index contributed by atoms with van der Waals surface area (Å²) in [5.74, 6) is -0.175. The zero-order chi connectivity index (χ0) is 14.3. The molecular formula is C15H13ClN2O2. The Labute approximate surface area is 120 Å². The van der Waals surface area contributed by atoms with Gasteiger partial charge in [-0.15, -0.1) is 0 Å². The van der Waals surface area contributed by atoms with Crippen LogP contribution in [-0.4, -0.2) is 15.6 Å². The number of halogens is 1. The van der Waals surface area contributed by atoms with E-state index in [-0.39, 0.29) is 11.8 Å². The molecule has 0 N–H and O–H groups in total. The molecule has 2 aromatic heterocycles. The molecule has 0 spiro atoms. The summed E-state index contributed by atoms with van der Waals surface area (Å²) in [5.41, 5.74) is 1.58. The molecule has 0 aliphatic heterocycles. The van der Waals surface area contributed by atoms with Crippen molar-refractivity contribution in [2.24, 2.45) is 0 Å². The fourth-order valence-electron chi connectivity index (χ4n) is 2.23. The summed E-state index contributed by atoms with van der Waals surface area (Å²) in [6.07, 6.45) is 2.97. The van der Waals surface area contributed by atoms with Crippen LogP contribution in [0.3, 0.4) is 0 Å². The van der Waals surface area contributed by atoms with Crippen molar-refractivity contribution in [1.29, 1.82) is 0 Å². The van der Waals surface area contributed by atoms with Crippen LogP contribution in [0.5, 0.6) is 0 Å². The zero-order valence-corrected chi connectivity index (χ0v) is 11.9. The lowest BCUT2D eigenvalue weighted by Gasteiger charge is -2.09. The molecule has 0 saturated heterocycles. The van der Waals surface area contributed by atoms with Crippen LogP contribution in [0.25, 0.3) is 11.0 Å². The van der Waals surface area contributed by atoms with Crippen LogP contribution in [0.15, 0.2) is 41.1 Å².